The first-order valence-electron chi connectivity index (χ1n) is 8.11. The fourth-order valence-corrected chi connectivity index (χ4v) is 3.85. The maximum absolute atomic E-state index is 12.9. The Labute approximate surface area is 148 Å². The molecule has 25 heavy (non-hydrogen) atoms. The van der Waals surface area contributed by atoms with E-state index in [-0.39, 0.29) is 25.0 Å². The Morgan fingerprint density at radius 2 is 1.96 bits per heavy atom. The number of pyridine rings is 1. The highest BCUT2D eigenvalue weighted by Gasteiger charge is 2.32. The monoisotopic (exact) mass is 359 g/mol. The largest absolute Gasteiger partial charge is 0.308 e. The van der Waals surface area contributed by atoms with E-state index in [1.165, 1.54) is 4.31 Å². The fourth-order valence-electron chi connectivity index (χ4n) is 3.14. The molecule has 1 unspecified atom stereocenters. The van der Waals surface area contributed by atoms with Crippen LogP contribution >= 0.6 is 0 Å². The van der Waals surface area contributed by atoms with Gasteiger partial charge in [-0.2, -0.15) is 4.31 Å². The van der Waals surface area contributed by atoms with Crippen LogP contribution in [0.3, 0.4) is 0 Å². The number of carbonyl (C=O) groups excluding carboxylic acids is 1. The molecule has 0 N–H and O–H groups in total. The maximum atomic E-state index is 12.9. The molecule has 1 atom stereocenters. The Morgan fingerprint density at radius 3 is 2.64 bits per heavy atom. The van der Waals surface area contributed by atoms with Crippen molar-refractivity contribution in [1.82, 2.24) is 9.29 Å². The van der Waals surface area contributed by atoms with Crippen LogP contribution < -0.4 is 4.90 Å². The average molecular weight is 359 g/mol. The summed E-state index contributed by atoms with van der Waals surface area (Å²) in [5.74, 6) is -0.223. The van der Waals surface area contributed by atoms with Gasteiger partial charge < -0.3 is 4.90 Å². The minimum absolute atomic E-state index is 0.0150. The van der Waals surface area contributed by atoms with Crippen LogP contribution in [0.1, 0.15) is 18.2 Å². The van der Waals surface area contributed by atoms with Crippen molar-refractivity contribution in [2.24, 2.45) is 0 Å². The minimum atomic E-state index is -3.54. The van der Waals surface area contributed by atoms with Crippen molar-refractivity contribution in [2.75, 3.05) is 17.7 Å². The van der Waals surface area contributed by atoms with E-state index in [0.29, 0.717) is 5.69 Å². The third-order valence-corrected chi connectivity index (χ3v) is 5.52. The molecule has 1 aromatic carbocycles. The molecule has 0 fully saturated rings. The van der Waals surface area contributed by atoms with Crippen LogP contribution in [-0.4, -0.2) is 42.5 Å². The van der Waals surface area contributed by atoms with E-state index in [9.17, 15) is 13.2 Å². The van der Waals surface area contributed by atoms with Crippen molar-refractivity contribution >= 4 is 21.6 Å². The Balaban J connectivity index is 1.81. The molecule has 0 aliphatic carbocycles. The molecule has 1 aliphatic rings. The zero-order valence-electron chi connectivity index (χ0n) is 14.3. The lowest BCUT2D eigenvalue weighted by molar-refractivity contribution is -0.119. The normalized spacial score (nSPS) is 16.9. The van der Waals surface area contributed by atoms with Crippen LogP contribution in [0.4, 0.5) is 5.69 Å². The van der Waals surface area contributed by atoms with E-state index in [1.807, 2.05) is 31.2 Å². The van der Waals surface area contributed by atoms with Crippen LogP contribution in [0.25, 0.3) is 0 Å². The van der Waals surface area contributed by atoms with Gasteiger partial charge in [0.1, 0.15) is 0 Å². The Hall–Kier alpha value is -2.25. The van der Waals surface area contributed by atoms with Gasteiger partial charge >= 0.3 is 0 Å². The number of rotatable bonds is 5. The van der Waals surface area contributed by atoms with Crippen molar-refractivity contribution in [1.29, 1.82) is 0 Å². The highest BCUT2D eigenvalue weighted by atomic mass is 32.2. The van der Waals surface area contributed by atoms with Crippen LogP contribution in [0.15, 0.2) is 48.7 Å². The number of nitrogens with zero attached hydrogens (tertiary/aromatic N) is 3. The molecule has 0 radical (unpaired) electrons. The van der Waals surface area contributed by atoms with Gasteiger partial charge in [-0.25, -0.2) is 8.42 Å². The summed E-state index contributed by atoms with van der Waals surface area (Å²) in [6.07, 6.45) is 3.50. The zero-order chi connectivity index (χ0) is 18.0. The summed E-state index contributed by atoms with van der Waals surface area (Å²) in [6, 6.07) is 13.1. The van der Waals surface area contributed by atoms with Gasteiger partial charge in [0.25, 0.3) is 0 Å². The minimum Gasteiger partial charge on any atom is -0.308 e. The number of amides is 1. The number of sulfonamides is 1. The molecule has 6 nitrogen and oxygen atoms in total. The summed E-state index contributed by atoms with van der Waals surface area (Å²) in [6.45, 7) is 1.85. The third kappa shape index (κ3) is 3.88. The van der Waals surface area contributed by atoms with Crippen molar-refractivity contribution in [3.63, 3.8) is 0 Å². The van der Waals surface area contributed by atoms with E-state index in [4.69, 9.17) is 0 Å². The van der Waals surface area contributed by atoms with E-state index in [0.717, 1.165) is 23.9 Å². The second kappa shape index (κ2) is 6.93. The van der Waals surface area contributed by atoms with Crippen LogP contribution in [0.2, 0.25) is 0 Å². The van der Waals surface area contributed by atoms with E-state index >= 15 is 0 Å². The van der Waals surface area contributed by atoms with Gasteiger partial charge in [0.15, 0.2) is 0 Å². The third-order valence-electron chi connectivity index (χ3n) is 4.32. The molecule has 1 amide bonds. The van der Waals surface area contributed by atoms with Gasteiger partial charge in [-0.3, -0.25) is 9.78 Å². The molecule has 1 aromatic heterocycles. The summed E-state index contributed by atoms with van der Waals surface area (Å²) in [5, 5.41) is 0. The first kappa shape index (κ1) is 17.6. The summed E-state index contributed by atoms with van der Waals surface area (Å²) in [5.41, 5.74) is 2.58. The highest BCUT2D eigenvalue weighted by molar-refractivity contribution is 7.88. The second-order valence-corrected chi connectivity index (χ2v) is 8.28. The topological polar surface area (TPSA) is 70.6 Å². The van der Waals surface area contributed by atoms with Gasteiger partial charge in [0.2, 0.25) is 15.9 Å². The Morgan fingerprint density at radius 1 is 1.24 bits per heavy atom. The molecule has 0 saturated carbocycles. The quantitative estimate of drug-likeness (QED) is 0.816. The number of carbonyl (C=O) groups is 1. The molecule has 2 heterocycles. The molecule has 2 aromatic rings. The lowest BCUT2D eigenvalue weighted by Gasteiger charge is -2.26. The number of benzene rings is 1. The molecule has 7 heteroatoms. The second-order valence-electron chi connectivity index (χ2n) is 6.30. The zero-order valence-corrected chi connectivity index (χ0v) is 15.1. The Bertz CT molecular complexity index is 868. The molecular formula is C18H21N3O3S. The molecule has 132 valence electrons. The van der Waals surface area contributed by atoms with Crippen molar-refractivity contribution in [3.05, 3.63) is 59.9 Å². The molecule has 0 saturated heterocycles. The molecule has 0 spiro atoms. The molecule has 0 bridgehead atoms. The summed E-state index contributed by atoms with van der Waals surface area (Å²) >= 11 is 0. The SMILES string of the molecule is CC1Cc2ccccc2N1C(=O)CN(Cc1ccccn1)S(C)(=O)=O. The number of fused-ring (bicyclic) bond motifs is 1. The van der Waals surface area contributed by atoms with Crippen LogP contribution in [-0.2, 0) is 27.8 Å². The van der Waals surface area contributed by atoms with Crippen molar-refractivity contribution in [3.8, 4) is 0 Å². The van der Waals surface area contributed by atoms with E-state index < -0.39 is 10.0 Å². The van der Waals surface area contributed by atoms with E-state index in [1.54, 1.807) is 29.3 Å². The number of aromatic nitrogens is 1. The number of para-hydroxylation sites is 1. The van der Waals surface area contributed by atoms with Gasteiger partial charge in [0, 0.05) is 17.9 Å². The number of anilines is 1. The lowest BCUT2D eigenvalue weighted by Crippen LogP contribution is -2.44. The van der Waals surface area contributed by atoms with Crippen molar-refractivity contribution in [2.45, 2.75) is 25.9 Å². The van der Waals surface area contributed by atoms with Gasteiger partial charge in [-0.15, -0.1) is 0 Å². The number of hydrogen-bond acceptors (Lipinski definition) is 4. The summed E-state index contributed by atoms with van der Waals surface area (Å²) < 4.78 is 25.5. The first-order valence-corrected chi connectivity index (χ1v) is 9.96. The Kier molecular flexibility index (Phi) is 4.87. The fraction of sp³-hybridized carbons (Fsp3) is 0.333. The van der Waals surface area contributed by atoms with Gasteiger partial charge in [0.05, 0.1) is 25.0 Å². The lowest BCUT2D eigenvalue weighted by atomic mass is 10.1. The standard InChI is InChI=1S/C18H21N3O3S/c1-14-11-15-7-3-4-9-17(15)21(14)18(22)13-20(25(2,23)24)12-16-8-5-6-10-19-16/h3-10,14H,11-13H2,1-2H3. The smallest absolute Gasteiger partial charge is 0.242 e. The van der Waals surface area contributed by atoms with Crippen LogP contribution in [0.5, 0.6) is 0 Å². The van der Waals surface area contributed by atoms with Crippen molar-refractivity contribution < 1.29 is 13.2 Å². The van der Waals surface area contributed by atoms with Gasteiger partial charge in [-0.05, 0) is 37.1 Å². The molecule has 3 rings (SSSR count). The number of hydrogen-bond donors (Lipinski definition) is 0. The molecular weight excluding hydrogens is 338 g/mol. The highest BCUT2D eigenvalue weighted by Crippen LogP contribution is 2.32. The van der Waals surface area contributed by atoms with Gasteiger partial charge in [-0.1, -0.05) is 24.3 Å². The molecule has 1 aliphatic heterocycles. The maximum Gasteiger partial charge on any atom is 0.242 e. The predicted octanol–water partition coefficient (Wildman–Crippen LogP) is 1.82. The summed E-state index contributed by atoms with van der Waals surface area (Å²) in [7, 11) is -3.54. The van der Waals surface area contributed by atoms with Crippen LogP contribution in [0, 0.1) is 0 Å². The predicted molar refractivity (Wildman–Crippen MR) is 96.6 cm³/mol. The van der Waals surface area contributed by atoms with E-state index in [2.05, 4.69) is 4.98 Å². The first-order chi connectivity index (χ1) is 11.9. The summed E-state index contributed by atoms with van der Waals surface area (Å²) in [4.78, 5) is 18.7. The average Bonchev–Trinajstić information content (AvgIpc) is 2.90.